The lowest BCUT2D eigenvalue weighted by Crippen LogP contribution is -2.20. The highest BCUT2D eigenvalue weighted by atomic mass is 32.2. The van der Waals surface area contributed by atoms with Gasteiger partial charge in [-0.25, -0.2) is 0 Å². The molecule has 0 radical (unpaired) electrons. The van der Waals surface area contributed by atoms with E-state index in [1.54, 1.807) is 6.26 Å². The lowest BCUT2D eigenvalue weighted by molar-refractivity contribution is 0.438. The number of thioether (sulfide) groups is 1. The third-order valence-electron chi connectivity index (χ3n) is 3.51. The molecular formula is C18H19NOS. The van der Waals surface area contributed by atoms with Crippen LogP contribution >= 0.6 is 11.8 Å². The molecule has 0 saturated carbocycles. The largest absolute Gasteiger partial charge is 0.468 e. The smallest absolute Gasteiger partial charge is 0.120 e. The molecule has 3 heteroatoms. The Morgan fingerprint density at radius 2 is 1.90 bits per heavy atom. The van der Waals surface area contributed by atoms with Crippen LogP contribution < -0.4 is 5.32 Å². The van der Waals surface area contributed by atoms with Crippen molar-refractivity contribution in [2.24, 2.45) is 0 Å². The van der Waals surface area contributed by atoms with E-state index in [0.29, 0.717) is 0 Å². The van der Waals surface area contributed by atoms with Crippen LogP contribution in [0.25, 0.3) is 10.8 Å². The van der Waals surface area contributed by atoms with E-state index in [0.717, 1.165) is 18.1 Å². The second kappa shape index (κ2) is 6.83. The summed E-state index contributed by atoms with van der Waals surface area (Å²) in [6, 6.07) is 19.3. The molecule has 0 aliphatic heterocycles. The first-order chi connectivity index (χ1) is 10.3. The van der Waals surface area contributed by atoms with Crippen LogP contribution in [0.2, 0.25) is 0 Å². The SMILES string of the molecule is CC(NCCSc1ccc2ccccc2c1)c1ccco1. The van der Waals surface area contributed by atoms with Crippen molar-refractivity contribution in [3.8, 4) is 0 Å². The number of furan rings is 1. The number of hydrogen-bond acceptors (Lipinski definition) is 3. The van der Waals surface area contributed by atoms with E-state index in [2.05, 4.69) is 54.7 Å². The molecule has 1 unspecified atom stereocenters. The van der Waals surface area contributed by atoms with Gasteiger partial charge in [-0.3, -0.25) is 0 Å². The van der Waals surface area contributed by atoms with Crippen molar-refractivity contribution in [2.45, 2.75) is 17.9 Å². The van der Waals surface area contributed by atoms with Gasteiger partial charge in [-0.1, -0.05) is 30.3 Å². The van der Waals surface area contributed by atoms with Crippen LogP contribution in [0.1, 0.15) is 18.7 Å². The van der Waals surface area contributed by atoms with Crippen molar-refractivity contribution in [3.63, 3.8) is 0 Å². The van der Waals surface area contributed by atoms with Gasteiger partial charge in [-0.05, 0) is 42.0 Å². The number of nitrogens with one attached hydrogen (secondary N) is 1. The lowest BCUT2D eigenvalue weighted by atomic mass is 10.1. The van der Waals surface area contributed by atoms with E-state index >= 15 is 0 Å². The summed E-state index contributed by atoms with van der Waals surface area (Å²) in [7, 11) is 0. The average molecular weight is 297 g/mol. The maximum Gasteiger partial charge on any atom is 0.120 e. The first-order valence-electron chi connectivity index (χ1n) is 7.21. The van der Waals surface area contributed by atoms with Crippen LogP contribution in [0.5, 0.6) is 0 Å². The van der Waals surface area contributed by atoms with Gasteiger partial charge in [0.15, 0.2) is 0 Å². The van der Waals surface area contributed by atoms with Gasteiger partial charge < -0.3 is 9.73 Å². The molecule has 1 aromatic heterocycles. The highest BCUT2D eigenvalue weighted by molar-refractivity contribution is 7.99. The first kappa shape index (κ1) is 14.2. The fraction of sp³-hybridized carbons (Fsp3) is 0.222. The van der Waals surface area contributed by atoms with Gasteiger partial charge in [-0.2, -0.15) is 0 Å². The van der Waals surface area contributed by atoms with Gasteiger partial charge in [0.2, 0.25) is 0 Å². The summed E-state index contributed by atoms with van der Waals surface area (Å²) in [4.78, 5) is 1.32. The third-order valence-corrected chi connectivity index (χ3v) is 4.51. The summed E-state index contributed by atoms with van der Waals surface area (Å²) in [6.45, 7) is 3.08. The zero-order valence-corrected chi connectivity index (χ0v) is 12.9. The molecule has 0 amide bonds. The van der Waals surface area contributed by atoms with Gasteiger partial charge >= 0.3 is 0 Å². The summed E-state index contributed by atoms with van der Waals surface area (Å²) < 4.78 is 5.39. The average Bonchev–Trinajstić information content (AvgIpc) is 3.06. The number of fused-ring (bicyclic) bond motifs is 1. The predicted octanol–water partition coefficient (Wildman–Crippen LogP) is 4.88. The molecule has 21 heavy (non-hydrogen) atoms. The topological polar surface area (TPSA) is 25.2 Å². The van der Waals surface area contributed by atoms with Crippen molar-refractivity contribution in [2.75, 3.05) is 12.3 Å². The van der Waals surface area contributed by atoms with Crippen molar-refractivity contribution in [3.05, 3.63) is 66.6 Å². The number of benzene rings is 2. The van der Waals surface area contributed by atoms with Gasteiger partial charge in [0.05, 0.1) is 12.3 Å². The molecular weight excluding hydrogens is 278 g/mol. The Morgan fingerprint density at radius 1 is 1.05 bits per heavy atom. The Labute approximate surface area is 129 Å². The molecule has 0 saturated heterocycles. The zero-order valence-electron chi connectivity index (χ0n) is 12.1. The van der Waals surface area contributed by atoms with Crippen LogP contribution in [0, 0.1) is 0 Å². The Kier molecular flexibility index (Phi) is 4.63. The van der Waals surface area contributed by atoms with Gasteiger partial charge in [0, 0.05) is 17.2 Å². The van der Waals surface area contributed by atoms with Crippen molar-refractivity contribution >= 4 is 22.5 Å². The number of rotatable bonds is 6. The molecule has 3 aromatic rings. The Morgan fingerprint density at radius 3 is 2.71 bits per heavy atom. The van der Waals surface area contributed by atoms with E-state index in [1.165, 1.54) is 15.7 Å². The van der Waals surface area contributed by atoms with Crippen molar-refractivity contribution in [1.82, 2.24) is 5.32 Å². The summed E-state index contributed by atoms with van der Waals surface area (Å²) in [5, 5.41) is 6.08. The highest BCUT2D eigenvalue weighted by Crippen LogP contribution is 2.23. The fourth-order valence-electron chi connectivity index (χ4n) is 2.34. The molecule has 3 rings (SSSR count). The maximum atomic E-state index is 5.39. The van der Waals surface area contributed by atoms with Crippen LogP contribution in [0.3, 0.4) is 0 Å². The molecule has 0 fully saturated rings. The summed E-state index contributed by atoms with van der Waals surface area (Å²) >= 11 is 1.88. The van der Waals surface area contributed by atoms with Crippen LogP contribution in [0.4, 0.5) is 0 Å². The maximum absolute atomic E-state index is 5.39. The third kappa shape index (κ3) is 3.69. The number of hydrogen-bond donors (Lipinski definition) is 1. The van der Waals surface area contributed by atoms with Gasteiger partial charge in [-0.15, -0.1) is 11.8 Å². The molecule has 1 heterocycles. The molecule has 0 bridgehead atoms. The Balaban J connectivity index is 1.50. The second-order valence-corrected chi connectivity index (χ2v) is 6.22. The molecule has 108 valence electrons. The van der Waals surface area contributed by atoms with E-state index < -0.39 is 0 Å². The minimum atomic E-state index is 0.261. The fourth-order valence-corrected chi connectivity index (χ4v) is 3.17. The van der Waals surface area contributed by atoms with Crippen LogP contribution in [0.15, 0.2) is 70.2 Å². The summed E-state index contributed by atoms with van der Waals surface area (Å²) in [5.41, 5.74) is 0. The predicted molar refractivity (Wildman–Crippen MR) is 89.8 cm³/mol. The molecule has 1 N–H and O–H groups in total. The second-order valence-electron chi connectivity index (χ2n) is 5.05. The minimum absolute atomic E-state index is 0.261. The standard InChI is InChI=1S/C18H19NOS/c1-14(18-7-4-11-20-18)19-10-12-21-17-9-8-15-5-2-3-6-16(15)13-17/h2-9,11,13-14,19H,10,12H2,1H3. The molecule has 0 aliphatic rings. The van der Waals surface area contributed by atoms with E-state index in [1.807, 2.05) is 23.9 Å². The van der Waals surface area contributed by atoms with Gasteiger partial charge in [0.25, 0.3) is 0 Å². The zero-order chi connectivity index (χ0) is 14.5. The van der Waals surface area contributed by atoms with E-state index in [4.69, 9.17) is 4.42 Å². The quantitative estimate of drug-likeness (QED) is 0.519. The Hall–Kier alpha value is -1.71. The molecule has 1 atom stereocenters. The van der Waals surface area contributed by atoms with E-state index in [-0.39, 0.29) is 6.04 Å². The van der Waals surface area contributed by atoms with Crippen molar-refractivity contribution in [1.29, 1.82) is 0 Å². The molecule has 0 aliphatic carbocycles. The van der Waals surface area contributed by atoms with Gasteiger partial charge in [0.1, 0.15) is 5.76 Å². The summed E-state index contributed by atoms with van der Waals surface area (Å²) in [6.07, 6.45) is 1.72. The molecule has 2 aromatic carbocycles. The summed E-state index contributed by atoms with van der Waals surface area (Å²) in [5.74, 6) is 2.04. The molecule has 0 spiro atoms. The Bertz CT molecular complexity index is 693. The first-order valence-corrected chi connectivity index (χ1v) is 8.20. The van der Waals surface area contributed by atoms with Crippen LogP contribution in [-0.4, -0.2) is 12.3 Å². The molecule has 2 nitrogen and oxygen atoms in total. The van der Waals surface area contributed by atoms with Crippen molar-refractivity contribution < 1.29 is 4.42 Å². The van der Waals surface area contributed by atoms with Crippen LogP contribution in [-0.2, 0) is 0 Å². The monoisotopic (exact) mass is 297 g/mol. The lowest BCUT2D eigenvalue weighted by Gasteiger charge is -2.11. The normalized spacial score (nSPS) is 12.6. The van der Waals surface area contributed by atoms with E-state index in [9.17, 15) is 0 Å². The minimum Gasteiger partial charge on any atom is -0.468 e. The highest BCUT2D eigenvalue weighted by Gasteiger charge is 2.06.